The van der Waals surface area contributed by atoms with Gasteiger partial charge in [-0.1, -0.05) is 19.3 Å². The van der Waals surface area contributed by atoms with Gasteiger partial charge in [0.15, 0.2) is 0 Å². The van der Waals surface area contributed by atoms with Crippen molar-refractivity contribution in [3.8, 4) is 0 Å². The Hall–Kier alpha value is -1.89. The maximum Gasteiger partial charge on any atom is 0.311 e. The van der Waals surface area contributed by atoms with Gasteiger partial charge in [0.05, 0.1) is 16.0 Å². The van der Waals surface area contributed by atoms with E-state index >= 15 is 0 Å². The van der Waals surface area contributed by atoms with Crippen LogP contribution in [0, 0.1) is 12.3 Å². The van der Waals surface area contributed by atoms with Gasteiger partial charge in [-0.25, -0.2) is 0 Å². The normalized spacial score (nSPS) is 17.3. The Morgan fingerprint density at radius 2 is 2.09 bits per heavy atom. The Labute approximate surface area is 138 Å². The summed E-state index contributed by atoms with van der Waals surface area (Å²) >= 11 is 1.39. The summed E-state index contributed by atoms with van der Waals surface area (Å²) in [6, 6.07) is 1.84. The van der Waals surface area contributed by atoms with Gasteiger partial charge in [0.25, 0.3) is 5.91 Å². The van der Waals surface area contributed by atoms with Crippen LogP contribution in [0.4, 0.5) is 0 Å². The average Bonchev–Trinajstić information content (AvgIpc) is 3.08. The highest BCUT2D eigenvalue weighted by atomic mass is 32.1. The molecular formula is C16H21N3O3S. The van der Waals surface area contributed by atoms with Crippen molar-refractivity contribution in [3.05, 3.63) is 16.6 Å². The molecule has 2 aromatic heterocycles. The van der Waals surface area contributed by atoms with Crippen LogP contribution in [0.3, 0.4) is 0 Å². The second-order valence-corrected chi connectivity index (χ2v) is 7.40. The van der Waals surface area contributed by atoms with Gasteiger partial charge in [-0.15, -0.1) is 11.3 Å². The number of rotatable bonds is 4. The molecule has 7 heteroatoms. The third-order valence-corrected chi connectivity index (χ3v) is 5.97. The minimum Gasteiger partial charge on any atom is -0.481 e. The third kappa shape index (κ3) is 2.85. The second kappa shape index (κ2) is 5.96. The average molecular weight is 335 g/mol. The lowest BCUT2D eigenvalue weighted by atomic mass is 9.74. The molecule has 0 atom stereocenters. The van der Waals surface area contributed by atoms with Crippen molar-refractivity contribution in [1.82, 2.24) is 15.1 Å². The van der Waals surface area contributed by atoms with Gasteiger partial charge in [-0.3, -0.25) is 14.3 Å². The molecule has 1 amide bonds. The minimum atomic E-state index is -0.804. The van der Waals surface area contributed by atoms with Crippen LogP contribution in [0.25, 0.3) is 10.2 Å². The summed E-state index contributed by atoms with van der Waals surface area (Å²) in [4.78, 5) is 25.6. The lowest BCUT2D eigenvalue weighted by Gasteiger charge is -2.33. The van der Waals surface area contributed by atoms with Crippen LogP contribution in [0.5, 0.6) is 0 Å². The monoisotopic (exact) mass is 335 g/mol. The largest absolute Gasteiger partial charge is 0.481 e. The first-order valence-corrected chi connectivity index (χ1v) is 8.69. The zero-order valence-corrected chi connectivity index (χ0v) is 14.2. The van der Waals surface area contributed by atoms with E-state index in [1.165, 1.54) is 11.3 Å². The van der Waals surface area contributed by atoms with E-state index in [0.717, 1.165) is 35.2 Å². The summed E-state index contributed by atoms with van der Waals surface area (Å²) in [6.45, 7) is 2.12. The van der Waals surface area contributed by atoms with E-state index in [2.05, 4.69) is 10.4 Å². The van der Waals surface area contributed by atoms with Crippen LogP contribution in [-0.4, -0.2) is 33.3 Å². The lowest BCUT2D eigenvalue weighted by Crippen LogP contribution is -2.44. The van der Waals surface area contributed by atoms with Gasteiger partial charge in [0.2, 0.25) is 0 Å². The highest BCUT2D eigenvalue weighted by Gasteiger charge is 2.39. The van der Waals surface area contributed by atoms with E-state index in [-0.39, 0.29) is 12.5 Å². The quantitative estimate of drug-likeness (QED) is 0.900. The number of carboxylic acids is 1. The molecule has 124 valence electrons. The molecule has 2 heterocycles. The maximum atomic E-state index is 12.4. The van der Waals surface area contributed by atoms with Crippen LogP contribution < -0.4 is 5.32 Å². The summed E-state index contributed by atoms with van der Waals surface area (Å²) in [6.07, 6.45) is 4.17. The molecule has 2 N–H and O–H groups in total. The van der Waals surface area contributed by atoms with Gasteiger partial charge < -0.3 is 10.4 Å². The van der Waals surface area contributed by atoms with Crippen molar-refractivity contribution >= 4 is 33.4 Å². The molecule has 0 bridgehead atoms. The van der Waals surface area contributed by atoms with E-state index in [4.69, 9.17) is 0 Å². The second-order valence-electron chi connectivity index (χ2n) is 6.37. The van der Waals surface area contributed by atoms with Gasteiger partial charge in [0, 0.05) is 19.0 Å². The molecule has 23 heavy (non-hydrogen) atoms. The van der Waals surface area contributed by atoms with Gasteiger partial charge in [-0.05, 0) is 25.8 Å². The predicted octanol–water partition coefficient (Wildman–Crippen LogP) is 2.71. The highest BCUT2D eigenvalue weighted by molar-refractivity contribution is 7.20. The summed E-state index contributed by atoms with van der Waals surface area (Å²) in [7, 11) is 1.86. The van der Waals surface area contributed by atoms with Crippen LogP contribution >= 0.6 is 11.3 Å². The zero-order chi connectivity index (χ0) is 16.6. The maximum absolute atomic E-state index is 12.4. The zero-order valence-electron chi connectivity index (χ0n) is 13.4. The third-order valence-electron chi connectivity index (χ3n) is 4.77. The topological polar surface area (TPSA) is 84.2 Å². The number of thiophene rings is 1. The van der Waals surface area contributed by atoms with Crippen molar-refractivity contribution in [2.45, 2.75) is 39.0 Å². The van der Waals surface area contributed by atoms with Crippen LogP contribution in [0.15, 0.2) is 6.07 Å². The van der Waals surface area contributed by atoms with Gasteiger partial charge >= 0.3 is 5.97 Å². The first kappa shape index (κ1) is 16.0. The number of carbonyl (C=O) groups excluding carboxylic acids is 1. The minimum absolute atomic E-state index is 0.197. The summed E-state index contributed by atoms with van der Waals surface area (Å²) < 4.78 is 1.77. The Morgan fingerprint density at radius 1 is 1.39 bits per heavy atom. The first-order chi connectivity index (χ1) is 10.9. The molecule has 0 aromatic carbocycles. The summed E-state index contributed by atoms with van der Waals surface area (Å²) in [5, 5.41) is 17.7. The Morgan fingerprint density at radius 3 is 2.70 bits per heavy atom. The number of amides is 1. The summed E-state index contributed by atoms with van der Waals surface area (Å²) in [5.74, 6) is -0.995. The number of carbonyl (C=O) groups is 2. The smallest absolute Gasteiger partial charge is 0.311 e. The molecule has 1 aliphatic rings. The van der Waals surface area contributed by atoms with E-state index in [1.54, 1.807) is 4.68 Å². The van der Waals surface area contributed by atoms with E-state index in [0.29, 0.717) is 17.7 Å². The van der Waals surface area contributed by atoms with Crippen molar-refractivity contribution in [2.75, 3.05) is 6.54 Å². The van der Waals surface area contributed by atoms with Crippen molar-refractivity contribution in [2.24, 2.45) is 12.5 Å². The number of aliphatic carboxylic acids is 1. The number of carboxylic acid groups (broad SMARTS) is 1. The molecule has 1 aliphatic carbocycles. The fourth-order valence-corrected chi connectivity index (χ4v) is 4.39. The number of nitrogens with one attached hydrogen (secondary N) is 1. The lowest BCUT2D eigenvalue weighted by molar-refractivity contribution is -0.150. The van der Waals surface area contributed by atoms with Gasteiger partial charge in [0.1, 0.15) is 4.83 Å². The molecule has 0 spiro atoms. The van der Waals surface area contributed by atoms with Crippen LogP contribution in [-0.2, 0) is 11.8 Å². The molecule has 6 nitrogen and oxygen atoms in total. The number of hydrogen-bond acceptors (Lipinski definition) is 4. The molecule has 2 aromatic rings. The Bertz CT molecular complexity index is 722. The Balaban J connectivity index is 1.75. The van der Waals surface area contributed by atoms with Crippen molar-refractivity contribution < 1.29 is 14.7 Å². The Kier molecular flexibility index (Phi) is 4.14. The van der Waals surface area contributed by atoms with Crippen LogP contribution in [0.2, 0.25) is 0 Å². The van der Waals surface area contributed by atoms with Crippen molar-refractivity contribution in [1.29, 1.82) is 0 Å². The molecule has 1 saturated carbocycles. The predicted molar refractivity (Wildman–Crippen MR) is 88.8 cm³/mol. The van der Waals surface area contributed by atoms with E-state index in [9.17, 15) is 14.7 Å². The molecule has 0 radical (unpaired) electrons. The fraction of sp³-hybridized carbons (Fsp3) is 0.562. The first-order valence-electron chi connectivity index (χ1n) is 7.88. The molecule has 0 unspecified atom stereocenters. The molecule has 0 saturated heterocycles. The molecule has 3 rings (SSSR count). The van der Waals surface area contributed by atoms with E-state index < -0.39 is 11.4 Å². The number of fused-ring (bicyclic) bond motifs is 1. The molecule has 1 fully saturated rings. The van der Waals surface area contributed by atoms with Crippen molar-refractivity contribution in [3.63, 3.8) is 0 Å². The fourth-order valence-electron chi connectivity index (χ4n) is 3.35. The number of aromatic nitrogens is 2. The number of nitrogens with zero attached hydrogens (tertiary/aromatic N) is 2. The highest BCUT2D eigenvalue weighted by Crippen LogP contribution is 2.36. The number of aryl methyl sites for hydroxylation is 2. The van der Waals surface area contributed by atoms with Gasteiger partial charge in [-0.2, -0.15) is 5.10 Å². The van der Waals surface area contributed by atoms with E-state index in [1.807, 2.05) is 20.0 Å². The number of hydrogen-bond donors (Lipinski definition) is 2. The SMILES string of the molecule is Cc1nn(C)c2sc(C(=O)NCC3(C(=O)O)CCCCC3)cc12. The standard InChI is InChI=1S/C16H21N3O3S/c1-10-11-8-12(23-14(11)19(2)18-10)13(20)17-9-16(15(21)22)6-4-3-5-7-16/h8H,3-7,9H2,1-2H3,(H,17,20)(H,21,22). The molecule has 0 aliphatic heterocycles. The molecular weight excluding hydrogens is 314 g/mol. The summed E-state index contributed by atoms with van der Waals surface area (Å²) in [5.41, 5.74) is 0.0919. The van der Waals surface area contributed by atoms with Crippen LogP contribution in [0.1, 0.15) is 47.5 Å².